The molecule has 0 bridgehead atoms. The predicted octanol–water partition coefficient (Wildman–Crippen LogP) is 13.0. The first kappa shape index (κ1) is 44.4. The molecule has 2 nitrogen and oxygen atoms in total. The molecule has 0 radical (unpaired) electrons. The molecule has 2 aromatic rings. The molecule has 0 amide bonds. The van der Waals surface area contributed by atoms with Gasteiger partial charge in [0.1, 0.15) is 0 Å². The van der Waals surface area contributed by atoms with Gasteiger partial charge in [-0.05, 0) is 124 Å². The molecule has 0 heterocycles. The minimum Gasteiger partial charge on any atom is -0.293 e. The van der Waals surface area contributed by atoms with Gasteiger partial charge in [-0.2, -0.15) is 0 Å². The first-order chi connectivity index (χ1) is 17.2. The lowest BCUT2D eigenvalue weighted by molar-refractivity contribution is -0.118. The third kappa shape index (κ3) is 12.9. The van der Waals surface area contributed by atoms with Crippen LogP contribution < -0.4 is 0 Å². The van der Waals surface area contributed by atoms with Gasteiger partial charge in [-0.1, -0.05) is 84.6 Å². The average molecular weight is 1150 g/mol. The summed E-state index contributed by atoms with van der Waals surface area (Å²) in [5.41, 5.74) is 2.11. The lowest BCUT2D eigenvalue weighted by Gasteiger charge is -2.25. The SMILES string of the molecule is C.C.O=C(Cl)C(CBr)(CBr)Cc1ccc(Br)c(Br)c1.O=C1c2cc(Br)c(Br)cc2CC1(CBr)CBr.[Cl][Al]([Cl])[Cl]. The number of Topliss-reactive ketones (excluding diaryl/α,β-unsaturated/α-hetero) is 1. The van der Waals surface area contributed by atoms with Crippen molar-refractivity contribution in [1.29, 1.82) is 0 Å². The van der Waals surface area contributed by atoms with Crippen molar-refractivity contribution in [3.05, 3.63) is 64.9 Å². The van der Waals surface area contributed by atoms with Crippen molar-refractivity contribution < 1.29 is 9.59 Å². The van der Waals surface area contributed by atoms with Crippen LogP contribution >= 0.6 is 169 Å². The maximum Gasteiger partial charge on any atom is 0.643 e. The fourth-order valence-electron chi connectivity index (χ4n) is 3.27. The number of rotatable bonds is 7. The number of halogens is 12. The molecule has 1 aliphatic carbocycles. The van der Waals surface area contributed by atoms with Crippen molar-refractivity contribution in [2.24, 2.45) is 10.8 Å². The molecular weight excluding hydrogens is 1130 g/mol. The number of fused-ring (bicyclic) bond motifs is 1. The first-order valence-corrected chi connectivity index (χ1v) is 23.3. The lowest BCUT2D eigenvalue weighted by Crippen LogP contribution is -2.34. The summed E-state index contributed by atoms with van der Waals surface area (Å²) in [6, 6.07) is 9.86. The number of hydrogen-bond donors (Lipinski definition) is 0. The van der Waals surface area contributed by atoms with Crippen LogP contribution in [0.4, 0.5) is 0 Å². The van der Waals surface area contributed by atoms with Gasteiger partial charge in [0.15, 0.2) is 5.78 Å². The van der Waals surface area contributed by atoms with E-state index < -0.39 is 16.8 Å². The van der Waals surface area contributed by atoms with Crippen LogP contribution in [-0.2, 0) is 17.6 Å². The second-order valence-corrected chi connectivity index (χ2v) is 20.4. The van der Waals surface area contributed by atoms with Crippen LogP contribution in [0.2, 0.25) is 0 Å². The van der Waals surface area contributed by atoms with Gasteiger partial charge < -0.3 is 0 Å². The van der Waals surface area contributed by atoms with Gasteiger partial charge in [-0.3, -0.25) is 9.59 Å². The van der Waals surface area contributed by atoms with Gasteiger partial charge in [0.25, 0.3) is 0 Å². The molecule has 0 fully saturated rings. The van der Waals surface area contributed by atoms with Gasteiger partial charge >= 0.3 is 11.4 Å². The molecule has 0 atom stereocenters. The fraction of sp³-hybridized carbons (Fsp3) is 0.417. The summed E-state index contributed by atoms with van der Waals surface area (Å²) in [5.74, 6) is 0.226. The van der Waals surface area contributed by atoms with Gasteiger partial charge in [-0.15, -0.1) is 0 Å². The number of hydrogen-bond acceptors (Lipinski definition) is 2. The fourth-order valence-corrected chi connectivity index (χ4v) is 8.87. The molecule has 39 heavy (non-hydrogen) atoms. The number of carbonyl (C=O) groups excluding carboxylic acids is 2. The van der Waals surface area contributed by atoms with Crippen molar-refractivity contribution >= 4 is 192 Å². The third-order valence-corrected chi connectivity index (χ3v) is 13.8. The molecule has 0 saturated carbocycles. The Balaban J connectivity index is 0. The third-order valence-electron chi connectivity index (χ3n) is 5.37. The van der Waals surface area contributed by atoms with Crippen molar-refractivity contribution in [2.45, 2.75) is 27.7 Å². The maximum absolute atomic E-state index is 12.3. The van der Waals surface area contributed by atoms with Crippen LogP contribution in [0.25, 0.3) is 0 Å². The molecule has 0 N–H and O–H groups in total. The Morgan fingerprint density at radius 1 is 0.846 bits per heavy atom. The average Bonchev–Trinajstić information content (AvgIpc) is 3.11. The Kier molecular flexibility index (Phi) is 24.1. The molecule has 15 heteroatoms. The molecule has 0 aliphatic heterocycles. The van der Waals surface area contributed by atoms with Gasteiger partial charge in [0.2, 0.25) is 5.24 Å². The summed E-state index contributed by atoms with van der Waals surface area (Å²) in [4.78, 5) is 23.9. The Labute approximate surface area is 321 Å². The number of benzene rings is 2. The predicted molar refractivity (Wildman–Crippen MR) is 203 cm³/mol. The monoisotopic (exact) mass is 1140 g/mol. The van der Waals surface area contributed by atoms with Crippen molar-refractivity contribution in [2.75, 3.05) is 21.3 Å². The van der Waals surface area contributed by atoms with Crippen molar-refractivity contribution in [1.82, 2.24) is 0 Å². The quantitative estimate of drug-likeness (QED) is 0.157. The number of ketones is 1. The smallest absolute Gasteiger partial charge is 0.293 e. The van der Waals surface area contributed by atoms with Crippen LogP contribution in [0.3, 0.4) is 0 Å². The summed E-state index contributed by atoms with van der Waals surface area (Å²) < 4.78 is 3.88. The van der Waals surface area contributed by atoms with Gasteiger partial charge in [0, 0.05) is 44.8 Å². The zero-order chi connectivity index (χ0) is 28.6. The Hall–Kier alpha value is 3.31. The van der Waals surface area contributed by atoms with Gasteiger partial charge in [-0.25, -0.2) is 30.1 Å². The standard InChI is InChI=1S/C11H9Br4ClO.C11H8Br4O.2CH4.Al.3ClH/c12-5-11(6-13,10(16)17)4-7-1-2-8(14)9(15)3-7;12-4-11(5-13)3-6-1-8(14)9(15)2-7(6)10(11)16;;;;;;/h1-3H,4-6H2;1-2H,3-5H2;2*1H4;;3*1H/q;;;;+3;;;/p-3. The van der Waals surface area contributed by atoms with E-state index in [2.05, 4.69) is 127 Å². The Bertz CT molecular complexity index is 1100. The van der Waals surface area contributed by atoms with Crippen molar-refractivity contribution in [3.63, 3.8) is 0 Å². The molecule has 3 rings (SSSR count). The highest BCUT2D eigenvalue weighted by molar-refractivity contribution is 9.13. The highest BCUT2D eigenvalue weighted by Gasteiger charge is 2.44. The summed E-state index contributed by atoms with van der Waals surface area (Å²) in [6.45, 7) is 0. The van der Waals surface area contributed by atoms with Crippen LogP contribution in [0, 0.1) is 10.8 Å². The second-order valence-electron chi connectivity index (χ2n) is 7.97. The molecular formula is C24H25AlBr8Cl4O2. The molecule has 0 unspecified atom stereocenters. The summed E-state index contributed by atoms with van der Waals surface area (Å²) >= 11 is 31.4. The van der Waals surface area contributed by atoms with E-state index in [0.29, 0.717) is 27.7 Å². The van der Waals surface area contributed by atoms with E-state index >= 15 is 0 Å². The normalized spacial score (nSPS) is 13.0. The number of alkyl halides is 4. The van der Waals surface area contributed by atoms with E-state index in [0.717, 1.165) is 41.0 Å². The highest BCUT2D eigenvalue weighted by Crippen LogP contribution is 2.42. The molecule has 0 spiro atoms. The van der Waals surface area contributed by atoms with E-state index in [4.69, 9.17) is 41.7 Å². The van der Waals surface area contributed by atoms with Crippen molar-refractivity contribution in [3.8, 4) is 0 Å². The van der Waals surface area contributed by atoms with Crippen LogP contribution in [-0.4, -0.2) is 43.7 Å². The minimum atomic E-state index is -1.72. The Morgan fingerprint density at radius 2 is 1.31 bits per heavy atom. The van der Waals surface area contributed by atoms with E-state index in [1.165, 1.54) is 0 Å². The molecule has 0 saturated heterocycles. The minimum absolute atomic E-state index is 0. The maximum atomic E-state index is 12.3. The molecule has 1 aliphatic rings. The van der Waals surface area contributed by atoms with Gasteiger partial charge in [0.05, 0.1) is 10.8 Å². The molecule has 0 aromatic heterocycles. The zero-order valence-electron chi connectivity index (χ0n) is 18.6. The van der Waals surface area contributed by atoms with E-state index in [1.54, 1.807) is 0 Å². The summed E-state index contributed by atoms with van der Waals surface area (Å²) in [7, 11) is 14.8. The van der Waals surface area contributed by atoms with E-state index in [9.17, 15) is 9.59 Å². The van der Waals surface area contributed by atoms with Crippen LogP contribution in [0.1, 0.15) is 36.3 Å². The molecule has 220 valence electrons. The summed E-state index contributed by atoms with van der Waals surface area (Å²) in [5, 5.41) is 2.11. The Morgan fingerprint density at radius 3 is 1.72 bits per heavy atom. The largest absolute Gasteiger partial charge is 0.643 e. The lowest BCUT2D eigenvalue weighted by atomic mass is 9.87. The number of carbonyl (C=O) groups is 2. The van der Waals surface area contributed by atoms with Crippen LogP contribution in [0.5, 0.6) is 0 Å². The molecule has 2 aromatic carbocycles. The summed E-state index contributed by atoms with van der Waals surface area (Å²) in [6.07, 6.45) is 1.39. The van der Waals surface area contributed by atoms with E-state index in [-0.39, 0.29) is 31.3 Å². The highest BCUT2D eigenvalue weighted by atomic mass is 79.9. The first-order valence-electron chi connectivity index (χ1n) is 10.0. The topological polar surface area (TPSA) is 34.1 Å². The zero-order valence-corrected chi connectivity index (χ0v) is 35.4. The second kappa shape index (κ2) is 21.2. The van der Waals surface area contributed by atoms with E-state index in [1.807, 2.05) is 30.3 Å². The van der Waals surface area contributed by atoms with Crippen LogP contribution in [0.15, 0.2) is 48.2 Å².